The van der Waals surface area contributed by atoms with Gasteiger partial charge in [0, 0.05) is 6.54 Å². The Morgan fingerprint density at radius 2 is 1.56 bits per heavy atom. The fraction of sp³-hybridized carbons (Fsp3) is 0.455. The zero-order valence-electron chi connectivity index (χ0n) is 8.60. The molecular formula is C11H13F4N. The molecule has 1 aromatic carbocycles. The van der Waals surface area contributed by atoms with Gasteiger partial charge in [0.25, 0.3) is 0 Å². The molecule has 90 valence electrons. The van der Waals surface area contributed by atoms with Gasteiger partial charge in [-0.15, -0.1) is 0 Å². The average molecular weight is 235 g/mol. The van der Waals surface area contributed by atoms with Crippen molar-refractivity contribution < 1.29 is 17.6 Å². The zero-order chi connectivity index (χ0) is 12.2. The molecule has 0 aliphatic heterocycles. The number of hydrogen-bond acceptors (Lipinski definition) is 1. The van der Waals surface area contributed by atoms with Gasteiger partial charge in [-0.3, -0.25) is 0 Å². The Morgan fingerprint density at radius 3 is 2.00 bits per heavy atom. The SMILES string of the molecule is NCC(F)(CCc1ccccc1)C(F)(F)F. The van der Waals surface area contributed by atoms with Crippen LogP contribution in [0.3, 0.4) is 0 Å². The van der Waals surface area contributed by atoms with E-state index in [9.17, 15) is 17.6 Å². The van der Waals surface area contributed by atoms with Crippen LogP contribution in [0.1, 0.15) is 12.0 Å². The Balaban J connectivity index is 2.66. The van der Waals surface area contributed by atoms with Crippen molar-refractivity contribution in [3.8, 4) is 0 Å². The van der Waals surface area contributed by atoms with Crippen LogP contribution in [0.25, 0.3) is 0 Å². The number of nitrogens with two attached hydrogens (primary N) is 1. The third-order valence-corrected chi connectivity index (χ3v) is 2.48. The zero-order valence-corrected chi connectivity index (χ0v) is 8.60. The standard InChI is InChI=1S/C11H13F4N/c12-10(8-16,11(13,14)15)7-6-9-4-2-1-3-5-9/h1-5H,6-8,16H2. The van der Waals surface area contributed by atoms with Crippen LogP contribution >= 0.6 is 0 Å². The maximum absolute atomic E-state index is 13.5. The van der Waals surface area contributed by atoms with Crippen molar-refractivity contribution in [1.82, 2.24) is 0 Å². The van der Waals surface area contributed by atoms with Crippen LogP contribution in [0, 0.1) is 0 Å². The van der Waals surface area contributed by atoms with Crippen molar-refractivity contribution in [2.24, 2.45) is 5.73 Å². The molecular weight excluding hydrogens is 222 g/mol. The molecule has 1 atom stereocenters. The molecule has 0 fully saturated rings. The summed E-state index contributed by atoms with van der Waals surface area (Å²) in [7, 11) is 0. The van der Waals surface area contributed by atoms with E-state index in [2.05, 4.69) is 0 Å². The van der Waals surface area contributed by atoms with Gasteiger partial charge in [0.2, 0.25) is 5.67 Å². The van der Waals surface area contributed by atoms with E-state index in [1.807, 2.05) is 0 Å². The molecule has 16 heavy (non-hydrogen) atoms. The van der Waals surface area contributed by atoms with Gasteiger partial charge in [0.15, 0.2) is 0 Å². The summed E-state index contributed by atoms with van der Waals surface area (Å²) in [6, 6.07) is 8.47. The largest absolute Gasteiger partial charge is 0.423 e. The molecule has 0 heterocycles. The Labute approximate surface area is 91.3 Å². The second kappa shape index (κ2) is 4.82. The van der Waals surface area contributed by atoms with Crippen LogP contribution in [0.5, 0.6) is 0 Å². The predicted octanol–water partition coefficient (Wildman–Crippen LogP) is 2.85. The molecule has 0 radical (unpaired) electrons. The lowest BCUT2D eigenvalue weighted by Gasteiger charge is -2.26. The lowest BCUT2D eigenvalue weighted by Crippen LogP contribution is -2.47. The second-order valence-corrected chi connectivity index (χ2v) is 3.65. The molecule has 2 N–H and O–H groups in total. The molecule has 0 aliphatic carbocycles. The summed E-state index contributed by atoms with van der Waals surface area (Å²) in [6.07, 6.45) is -5.53. The predicted molar refractivity (Wildman–Crippen MR) is 53.7 cm³/mol. The minimum absolute atomic E-state index is 0.0219. The second-order valence-electron chi connectivity index (χ2n) is 3.65. The van der Waals surface area contributed by atoms with E-state index < -0.39 is 24.8 Å². The first-order valence-corrected chi connectivity index (χ1v) is 4.89. The quantitative estimate of drug-likeness (QED) is 0.798. The average Bonchev–Trinajstić information content (AvgIpc) is 2.26. The lowest BCUT2D eigenvalue weighted by atomic mass is 9.96. The molecule has 1 nitrogen and oxygen atoms in total. The van der Waals surface area contributed by atoms with Crippen LogP contribution < -0.4 is 5.73 Å². The van der Waals surface area contributed by atoms with E-state index in [1.54, 1.807) is 30.3 Å². The molecule has 0 amide bonds. The number of alkyl halides is 4. The summed E-state index contributed by atoms with van der Waals surface area (Å²) in [5.41, 5.74) is 2.24. The minimum Gasteiger partial charge on any atom is -0.327 e. The van der Waals surface area contributed by atoms with Gasteiger partial charge in [0.1, 0.15) is 0 Å². The molecule has 5 heteroatoms. The number of hydrogen-bond donors (Lipinski definition) is 1. The van der Waals surface area contributed by atoms with Gasteiger partial charge in [-0.2, -0.15) is 13.2 Å². The van der Waals surface area contributed by atoms with Gasteiger partial charge in [-0.1, -0.05) is 30.3 Å². The third-order valence-electron chi connectivity index (χ3n) is 2.48. The first kappa shape index (κ1) is 13.0. The maximum Gasteiger partial charge on any atom is 0.423 e. The summed E-state index contributed by atoms with van der Waals surface area (Å²) in [4.78, 5) is 0. The van der Waals surface area contributed by atoms with Gasteiger partial charge >= 0.3 is 6.18 Å². The van der Waals surface area contributed by atoms with Crippen molar-refractivity contribution in [3.05, 3.63) is 35.9 Å². The Kier molecular flexibility index (Phi) is 3.91. The monoisotopic (exact) mass is 235 g/mol. The van der Waals surface area contributed by atoms with Gasteiger partial charge < -0.3 is 5.73 Å². The molecule has 0 aromatic heterocycles. The highest BCUT2D eigenvalue weighted by Gasteiger charge is 2.54. The van der Waals surface area contributed by atoms with E-state index in [1.165, 1.54) is 0 Å². The molecule has 1 unspecified atom stereocenters. The highest BCUT2D eigenvalue weighted by molar-refractivity contribution is 5.15. The lowest BCUT2D eigenvalue weighted by molar-refractivity contribution is -0.228. The molecule has 0 saturated heterocycles. The topological polar surface area (TPSA) is 26.0 Å². The summed E-state index contributed by atoms with van der Waals surface area (Å²) >= 11 is 0. The van der Waals surface area contributed by atoms with Crippen molar-refractivity contribution >= 4 is 0 Å². The third kappa shape index (κ3) is 2.95. The van der Waals surface area contributed by atoms with Crippen LogP contribution in [0.4, 0.5) is 17.6 Å². The normalized spacial score (nSPS) is 15.8. The smallest absolute Gasteiger partial charge is 0.327 e. The van der Waals surface area contributed by atoms with Crippen molar-refractivity contribution in [2.45, 2.75) is 24.7 Å². The first-order valence-electron chi connectivity index (χ1n) is 4.89. The highest BCUT2D eigenvalue weighted by atomic mass is 19.4. The van der Waals surface area contributed by atoms with E-state index >= 15 is 0 Å². The number of rotatable bonds is 4. The Bertz CT molecular complexity index is 323. The van der Waals surface area contributed by atoms with Gasteiger partial charge in [-0.05, 0) is 18.4 Å². The molecule has 0 aliphatic rings. The molecule has 0 bridgehead atoms. The summed E-state index contributed by atoms with van der Waals surface area (Å²) in [5.74, 6) is 0. The Hall–Kier alpha value is -1.10. The Morgan fingerprint density at radius 1 is 1.00 bits per heavy atom. The van der Waals surface area contributed by atoms with Crippen LogP contribution in [0.15, 0.2) is 30.3 Å². The van der Waals surface area contributed by atoms with Crippen molar-refractivity contribution in [3.63, 3.8) is 0 Å². The minimum atomic E-state index is -4.91. The molecule has 1 rings (SSSR count). The van der Waals surface area contributed by atoms with Crippen LogP contribution in [-0.4, -0.2) is 18.4 Å². The molecule has 0 spiro atoms. The highest BCUT2D eigenvalue weighted by Crippen LogP contribution is 2.36. The van der Waals surface area contributed by atoms with E-state index in [-0.39, 0.29) is 6.42 Å². The van der Waals surface area contributed by atoms with Gasteiger partial charge in [0.05, 0.1) is 0 Å². The van der Waals surface area contributed by atoms with E-state index in [4.69, 9.17) is 5.73 Å². The maximum atomic E-state index is 13.5. The summed E-state index contributed by atoms with van der Waals surface area (Å²) in [5, 5.41) is 0. The summed E-state index contributed by atoms with van der Waals surface area (Å²) < 4.78 is 50.5. The first-order chi connectivity index (χ1) is 7.39. The van der Waals surface area contributed by atoms with Crippen LogP contribution in [0.2, 0.25) is 0 Å². The molecule has 0 saturated carbocycles. The van der Waals surface area contributed by atoms with E-state index in [0.717, 1.165) is 0 Å². The van der Waals surface area contributed by atoms with Crippen molar-refractivity contribution in [2.75, 3.05) is 6.54 Å². The number of aryl methyl sites for hydroxylation is 1. The molecule has 1 aromatic rings. The fourth-order valence-corrected chi connectivity index (χ4v) is 1.35. The summed E-state index contributed by atoms with van der Waals surface area (Å²) in [6.45, 7) is -1.04. The van der Waals surface area contributed by atoms with Crippen molar-refractivity contribution in [1.29, 1.82) is 0 Å². The fourth-order valence-electron chi connectivity index (χ4n) is 1.35. The number of halogens is 4. The van der Waals surface area contributed by atoms with E-state index in [0.29, 0.717) is 5.56 Å². The van der Waals surface area contributed by atoms with Gasteiger partial charge in [-0.25, -0.2) is 4.39 Å². The number of benzene rings is 1. The van der Waals surface area contributed by atoms with Crippen LogP contribution in [-0.2, 0) is 6.42 Å².